The van der Waals surface area contributed by atoms with Gasteiger partial charge in [-0.05, 0) is 104 Å². The standard InChI is InChI=1S/C32H57NO2/c1-12-31(10)30(9)17-13-22-28(6,7)25(33)15-16-29(22,8)23(30)14-18-32(31,35-34-11)24-21-26(2,3)19-20-27(24,4)5/h22-24,33H,12-21H2,1-11H3/t22?,23?,24?,29?,30?,31-,32?/m0/s1. The molecule has 3 nitrogen and oxygen atoms in total. The summed E-state index contributed by atoms with van der Waals surface area (Å²) in [7, 11) is 1.75. The summed E-state index contributed by atoms with van der Waals surface area (Å²) in [6, 6.07) is 0. The van der Waals surface area contributed by atoms with Gasteiger partial charge in [0.05, 0.1) is 7.11 Å². The van der Waals surface area contributed by atoms with E-state index in [0.29, 0.717) is 23.2 Å². The maximum absolute atomic E-state index is 8.79. The number of nitrogens with one attached hydrogen (secondary N) is 1. The molecular weight excluding hydrogens is 430 g/mol. The smallest absolute Gasteiger partial charge is 0.113 e. The van der Waals surface area contributed by atoms with E-state index in [-0.39, 0.29) is 32.7 Å². The first-order valence-corrected chi connectivity index (χ1v) is 14.8. The van der Waals surface area contributed by atoms with Crippen molar-refractivity contribution in [2.24, 2.45) is 50.2 Å². The molecule has 0 aromatic rings. The van der Waals surface area contributed by atoms with Gasteiger partial charge in [0.1, 0.15) is 5.60 Å². The Morgan fingerprint density at radius 3 is 2.03 bits per heavy atom. The van der Waals surface area contributed by atoms with Crippen LogP contribution < -0.4 is 0 Å². The Morgan fingerprint density at radius 2 is 1.43 bits per heavy atom. The Morgan fingerprint density at radius 1 is 0.800 bits per heavy atom. The van der Waals surface area contributed by atoms with Gasteiger partial charge in [0.2, 0.25) is 0 Å². The quantitative estimate of drug-likeness (QED) is 0.317. The fourth-order valence-electron chi connectivity index (χ4n) is 11.0. The monoisotopic (exact) mass is 487 g/mol. The van der Waals surface area contributed by atoms with Crippen LogP contribution in [-0.4, -0.2) is 18.4 Å². The van der Waals surface area contributed by atoms with E-state index in [4.69, 9.17) is 15.2 Å². The van der Waals surface area contributed by atoms with E-state index >= 15 is 0 Å². The Hall–Kier alpha value is -0.410. The molecular formula is C32H57NO2. The summed E-state index contributed by atoms with van der Waals surface area (Å²) in [5, 5.41) is 8.79. The predicted molar refractivity (Wildman–Crippen MR) is 147 cm³/mol. The van der Waals surface area contributed by atoms with Gasteiger partial charge in [0.25, 0.3) is 0 Å². The van der Waals surface area contributed by atoms with Crippen LogP contribution in [0.3, 0.4) is 0 Å². The SMILES string of the molecule is CC[C@@]1(C)C2(C)CCC3C(C)(C)C(=N)CCC3(C)C2CCC1(OOC)C1CC(C)(C)CCC1(C)C. The van der Waals surface area contributed by atoms with E-state index in [9.17, 15) is 0 Å². The molecule has 1 N–H and O–H groups in total. The first-order chi connectivity index (χ1) is 16.0. The van der Waals surface area contributed by atoms with E-state index < -0.39 is 0 Å². The molecule has 0 aromatic heterocycles. The highest BCUT2D eigenvalue weighted by atomic mass is 17.2. The molecule has 4 saturated carbocycles. The van der Waals surface area contributed by atoms with Gasteiger partial charge in [-0.15, -0.1) is 0 Å². The number of fused-ring (bicyclic) bond motifs is 3. The summed E-state index contributed by atoms with van der Waals surface area (Å²) in [5.41, 5.74) is 1.81. The maximum Gasteiger partial charge on any atom is 0.113 e. The highest BCUT2D eigenvalue weighted by Crippen LogP contribution is 2.76. The van der Waals surface area contributed by atoms with Crippen molar-refractivity contribution in [1.82, 2.24) is 0 Å². The third kappa shape index (κ3) is 3.59. The average molecular weight is 488 g/mol. The lowest BCUT2D eigenvalue weighted by atomic mass is 9.32. The largest absolute Gasteiger partial charge is 0.309 e. The lowest BCUT2D eigenvalue weighted by Gasteiger charge is -2.73. The third-order valence-electron chi connectivity index (χ3n) is 13.5. The van der Waals surface area contributed by atoms with Gasteiger partial charge in [-0.3, -0.25) is 0 Å². The summed E-state index contributed by atoms with van der Waals surface area (Å²) in [4.78, 5) is 12.5. The lowest BCUT2D eigenvalue weighted by molar-refractivity contribution is -0.426. The Kier molecular flexibility index (Phi) is 6.54. The number of hydrogen-bond donors (Lipinski definition) is 1. The highest BCUT2D eigenvalue weighted by molar-refractivity contribution is 5.88. The van der Waals surface area contributed by atoms with Crippen LogP contribution in [0.4, 0.5) is 0 Å². The summed E-state index contributed by atoms with van der Waals surface area (Å²) >= 11 is 0. The summed E-state index contributed by atoms with van der Waals surface area (Å²) in [6.45, 7) is 25.0. The second kappa shape index (κ2) is 8.29. The molecule has 7 atom stereocenters. The van der Waals surface area contributed by atoms with Crippen molar-refractivity contribution >= 4 is 5.71 Å². The molecule has 0 radical (unpaired) electrons. The Balaban J connectivity index is 1.85. The van der Waals surface area contributed by atoms with Crippen molar-refractivity contribution in [1.29, 1.82) is 5.41 Å². The topological polar surface area (TPSA) is 42.3 Å². The molecule has 3 heteroatoms. The van der Waals surface area contributed by atoms with E-state index in [2.05, 4.69) is 69.2 Å². The first kappa shape index (κ1) is 27.6. The second-order valence-electron chi connectivity index (χ2n) is 16.0. The molecule has 202 valence electrons. The van der Waals surface area contributed by atoms with Crippen LogP contribution in [0.1, 0.15) is 133 Å². The minimum absolute atomic E-state index is 0.0178. The molecule has 0 aromatic carbocycles. The summed E-state index contributed by atoms with van der Waals surface area (Å²) in [6.07, 6.45) is 11.8. The van der Waals surface area contributed by atoms with Crippen LogP contribution in [0.2, 0.25) is 0 Å². The van der Waals surface area contributed by atoms with Crippen LogP contribution in [0.25, 0.3) is 0 Å². The molecule has 0 amide bonds. The van der Waals surface area contributed by atoms with Gasteiger partial charge in [-0.2, -0.15) is 0 Å². The van der Waals surface area contributed by atoms with Crippen molar-refractivity contribution < 1.29 is 9.78 Å². The normalized spacial score (nSPS) is 48.7. The number of rotatable bonds is 4. The Labute approximate surface area is 217 Å². The fourth-order valence-corrected chi connectivity index (χ4v) is 11.0. The van der Waals surface area contributed by atoms with Crippen molar-refractivity contribution in [2.75, 3.05) is 7.11 Å². The summed E-state index contributed by atoms with van der Waals surface area (Å²) < 4.78 is 0. The van der Waals surface area contributed by atoms with Crippen LogP contribution in [0, 0.1) is 55.7 Å². The van der Waals surface area contributed by atoms with Gasteiger partial charge in [0, 0.05) is 16.5 Å². The molecule has 4 fully saturated rings. The molecule has 0 bridgehead atoms. The molecule has 0 saturated heterocycles. The molecule has 0 heterocycles. The van der Waals surface area contributed by atoms with Crippen LogP contribution in [-0.2, 0) is 9.78 Å². The zero-order valence-corrected chi connectivity index (χ0v) is 25.1. The maximum atomic E-state index is 8.79. The zero-order valence-electron chi connectivity index (χ0n) is 25.1. The fraction of sp³-hybridized carbons (Fsp3) is 0.969. The minimum Gasteiger partial charge on any atom is -0.309 e. The van der Waals surface area contributed by atoms with Crippen molar-refractivity contribution in [2.45, 2.75) is 139 Å². The molecule has 0 aliphatic heterocycles. The molecule has 6 unspecified atom stereocenters. The van der Waals surface area contributed by atoms with E-state index in [0.717, 1.165) is 25.0 Å². The van der Waals surface area contributed by atoms with Crippen molar-refractivity contribution in [3.8, 4) is 0 Å². The second-order valence-corrected chi connectivity index (χ2v) is 16.0. The lowest BCUT2D eigenvalue weighted by Crippen LogP contribution is -2.72. The van der Waals surface area contributed by atoms with Crippen molar-refractivity contribution in [3.05, 3.63) is 0 Å². The van der Waals surface area contributed by atoms with Gasteiger partial charge >= 0.3 is 0 Å². The van der Waals surface area contributed by atoms with Gasteiger partial charge in [0.15, 0.2) is 0 Å². The Bertz CT molecular complexity index is 845. The molecule has 35 heavy (non-hydrogen) atoms. The van der Waals surface area contributed by atoms with Crippen molar-refractivity contribution in [3.63, 3.8) is 0 Å². The van der Waals surface area contributed by atoms with Gasteiger partial charge < -0.3 is 5.41 Å². The van der Waals surface area contributed by atoms with Crippen LogP contribution in [0.5, 0.6) is 0 Å². The van der Waals surface area contributed by atoms with Gasteiger partial charge in [-0.25, -0.2) is 9.78 Å². The predicted octanol–water partition coefficient (Wildman–Crippen LogP) is 9.24. The highest BCUT2D eigenvalue weighted by Gasteiger charge is 2.73. The minimum atomic E-state index is -0.275. The molecule has 0 spiro atoms. The molecule has 4 aliphatic rings. The molecule has 4 aliphatic carbocycles. The van der Waals surface area contributed by atoms with E-state index in [1.807, 2.05) is 0 Å². The zero-order chi connectivity index (χ0) is 26.3. The van der Waals surface area contributed by atoms with Gasteiger partial charge in [-0.1, -0.05) is 69.2 Å². The van der Waals surface area contributed by atoms with E-state index in [1.54, 1.807) is 7.11 Å². The van der Waals surface area contributed by atoms with Crippen LogP contribution >= 0.6 is 0 Å². The first-order valence-electron chi connectivity index (χ1n) is 14.8. The summed E-state index contributed by atoms with van der Waals surface area (Å²) in [5.74, 6) is 1.75. The third-order valence-corrected chi connectivity index (χ3v) is 13.5. The molecule has 4 rings (SSSR count). The average Bonchev–Trinajstić information content (AvgIpc) is 2.76. The van der Waals surface area contributed by atoms with E-state index in [1.165, 1.54) is 44.9 Å². The van der Waals surface area contributed by atoms with Crippen LogP contribution in [0.15, 0.2) is 0 Å². The number of hydrogen-bond acceptors (Lipinski definition) is 3.